The third-order valence-corrected chi connectivity index (χ3v) is 1.89. The Bertz CT molecular complexity index is 275. The highest BCUT2D eigenvalue weighted by Crippen LogP contribution is 2.16. The molecule has 1 atom stereocenters. The number of hydrogen-bond donors (Lipinski definition) is 0. The van der Waals surface area contributed by atoms with Crippen LogP contribution < -0.4 is 0 Å². The molecule has 0 saturated heterocycles. The minimum Gasteiger partial charge on any atom is -0.460 e. The fraction of sp³-hybridized carbons (Fsp3) is 0.769. The standard InChI is InChI=1S/C13H24O5/c1-7-16-13(6,18-11(4)5)17-9-8-15-12(14)10(2)3/h11H,2,7-9H2,1,3-6H3. The van der Waals surface area contributed by atoms with Crippen LogP contribution in [0.25, 0.3) is 0 Å². The minimum absolute atomic E-state index is 0.0282. The Morgan fingerprint density at radius 1 is 1.28 bits per heavy atom. The second-order valence-electron chi connectivity index (χ2n) is 4.23. The van der Waals surface area contributed by atoms with Gasteiger partial charge in [-0.3, -0.25) is 0 Å². The second-order valence-corrected chi connectivity index (χ2v) is 4.23. The van der Waals surface area contributed by atoms with Crippen LogP contribution in [-0.4, -0.2) is 37.9 Å². The molecule has 0 rings (SSSR count). The van der Waals surface area contributed by atoms with Crippen LogP contribution in [0.15, 0.2) is 12.2 Å². The molecule has 0 N–H and O–H groups in total. The number of carbonyl (C=O) groups excluding carboxylic acids is 1. The third-order valence-electron chi connectivity index (χ3n) is 1.89. The molecular formula is C13H24O5. The highest BCUT2D eigenvalue weighted by atomic mass is 16.9. The first-order chi connectivity index (χ1) is 8.30. The predicted molar refractivity (Wildman–Crippen MR) is 68.0 cm³/mol. The summed E-state index contributed by atoms with van der Waals surface area (Å²) < 4.78 is 21.3. The van der Waals surface area contributed by atoms with Crippen LogP contribution in [0.2, 0.25) is 0 Å². The van der Waals surface area contributed by atoms with Crippen LogP contribution >= 0.6 is 0 Å². The first kappa shape index (κ1) is 17.1. The van der Waals surface area contributed by atoms with Crippen molar-refractivity contribution in [1.82, 2.24) is 0 Å². The lowest BCUT2D eigenvalue weighted by Crippen LogP contribution is -2.39. The third kappa shape index (κ3) is 7.42. The van der Waals surface area contributed by atoms with Gasteiger partial charge in [0.05, 0.1) is 12.7 Å². The highest BCUT2D eigenvalue weighted by molar-refractivity contribution is 5.86. The second kappa shape index (κ2) is 8.24. The van der Waals surface area contributed by atoms with Crippen LogP contribution in [0, 0.1) is 0 Å². The average Bonchev–Trinajstić information content (AvgIpc) is 2.23. The van der Waals surface area contributed by atoms with Gasteiger partial charge in [0.25, 0.3) is 5.97 Å². The van der Waals surface area contributed by atoms with Crippen molar-refractivity contribution < 1.29 is 23.7 Å². The lowest BCUT2D eigenvalue weighted by molar-refractivity contribution is -0.380. The van der Waals surface area contributed by atoms with E-state index in [0.29, 0.717) is 12.2 Å². The molecule has 0 aromatic rings. The van der Waals surface area contributed by atoms with Crippen LogP contribution in [0.3, 0.4) is 0 Å². The first-order valence-corrected chi connectivity index (χ1v) is 6.09. The van der Waals surface area contributed by atoms with E-state index < -0.39 is 11.9 Å². The van der Waals surface area contributed by atoms with Crippen LogP contribution in [0.1, 0.15) is 34.6 Å². The van der Waals surface area contributed by atoms with E-state index in [1.807, 2.05) is 20.8 Å². The van der Waals surface area contributed by atoms with Gasteiger partial charge in [0.15, 0.2) is 0 Å². The molecule has 5 heteroatoms. The molecule has 0 aliphatic carbocycles. The van der Waals surface area contributed by atoms with Gasteiger partial charge in [0.2, 0.25) is 0 Å². The Morgan fingerprint density at radius 3 is 2.33 bits per heavy atom. The predicted octanol–water partition coefficient (Wildman–Crippen LogP) is 2.26. The van der Waals surface area contributed by atoms with E-state index in [4.69, 9.17) is 18.9 Å². The maximum Gasteiger partial charge on any atom is 0.333 e. The van der Waals surface area contributed by atoms with Gasteiger partial charge in [0.1, 0.15) is 6.61 Å². The van der Waals surface area contributed by atoms with Crippen molar-refractivity contribution >= 4 is 5.97 Å². The molecule has 0 aromatic carbocycles. The summed E-state index contributed by atoms with van der Waals surface area (Å²) in [4.78, 5) is 11.1. The molecule has 0 fully saturated rings. The number of hydrogen-bond acceptors (Lipinski definition) is 5. The van der Waals surface area contributed by atoms with Gasteiger partial charge in [-0.2, -0.15) is 0 Å². The summed E-state index contributed by atoms with van der Waals surface area (Å²) in [6.45, 7) is 13.2. The Kier molecular flexibility index (Phi) is 7.82. The Labute approximate surface area is 109 Å². The average molecular weight is 260 g/mol. The normalized spacial score (nSPS) is 14.3. The summed E-state index contributed by atoms with van der Waals surface area (Å²) in [6, 6.07) is 0. The molecule has 18 heavy (non-hydrogen) atoms. The van der Waals surface area contributed by atoms with Crippen LogP contribution in [0.4, 0.5) is 0 Å². The SMILES string of the molecule is C=C(C)C(=O)OCCOC(C)(OCC)OC(C)C. The molecule has 0 aliphatic heterocycles. The van der Waals surface area contributed by atoms with Crippen LogP contribution in [-0.2, 0) is 23.7 Å². The lowest BCUT2D eigenvalue weighted by atomic mass is 10.4. The molecule has 0 amide bonds. The summed E-state index contributed by atoms with van der Waals surface area (Å²) in [7, 11) is 0. The summed E-state index contributed by atoms with van der Waals surface area (Å²) in [5.41, 5.74) is 0.362. The highest BCUT2D eigenvalue weighted by Gasteiger charge is 2.28. The van der Waals surface area contributed by atoms with Gasteiger partial charge < -0.3 is 18.9 Å². The van der Waals surface area contributed by atoms with Crippen LogP contribution in [0.5, 0.6) is 0 Å². The molecule has 0 aliphatic rings. The van der Waals surface area contributed by atoms with Gasteiger partial charge in [-0.15, -0.1) is 0 Å². The van der Waals surface area contributed by atoms with Crippen molar-refractivity contribution in [3.63, 3.8) is 0 Å². The molecule has 1 unspecified atom stereocenters. The van der Waals surface area contributed by atoms with E-state index in [1.54, 1.807) is 13.8 Å². The van der Waals surface area contributed by atoms with E-state index in [2.05, 4.69) is 6.58 Å². The molecule has 5 nitrogen and oxygen atoms in total. The molecular weight excluding hydrogens is 236 g/mol. The minimum atomic E-state index is -1.11. The fourth-order valence-corrected chi connectivity index (χ4v) is 1.28. The maximum absolute atomic E-state index is 11.1. The molecule has 0 saturated carbocycles. The summed E-state index contributed by atoms with van der Waals surface area (Å²) in [5.74, 6) is -1.54. The van der Waals surface area contributed by atoms with Crippen molar-refractivity contribution in [2.75, 3.05) is 19.8 Å². The Hall–Kier alpha value is -0.910. The summed E-state index contributed by atoms with van der Waals surface area (Å²) in [5, 5.41) is 0. The molecule has 0 bridgehead atoms. The number of carbonyl (C=O) groups is 1. The van der Waals surface area contributed by atoms with Crippen molar-refractivity contribution in [2.45, 2.75) is 46.7 Å². The fourth-order valence-electron chi connectivity index (χ4n) is 1.28. The molecule has 106 valence electrons. The molecule has 0 heterocycles. The van der Waals surface area contributed by atoms with E-state index in [9.17, 15) is 4.79 Å². The quantitative estimate of drug-likeness (QED) is 0.275. The monoisotopic (exact) mass is 260 g/mol. The van der Waals surface area contributed by atoms with E-state index in [0.717, 1.165) is 0 Å². The zero-order valence-electron chi connectivity index (χ0n) is 11.9. The number of ether oxygens (including phenoxy) is 4. The van der Waals surface area contributed by atoms with Crippen molar-refractivity contribution in [3.05, 3.63) is 12.2 Å². The van der Waals surface area contributed by atoms with Gasteiger partial charge >= 0.3 is 5.97 Å². The van der Waals surface area contributed by atoms with E-state index in [-0.39, 0.29) is 19.3 Å². The molecule has 0 aromatic heterocycles. The smallest absolute Gasteiger partial charge is 0.333 e. The van der Waals surface area contributed by atoms with Crippen molar-refractivity contribution in [1.29, 1.82) is 0 Å². The van der Waals surface area contributed by atoms with Gasteiger partial charge in [-0.25, -0.2) is 4.79 Å². The van der Waals surface area contributed by atoms with Crippen molar-refractivity contribution in [3.8, 4) is 0 Å². The first-order valence-electron chi connectivity index (χ1n) is 6.09. The topological polar surface area (TPSA) is 54.0 Å². The summed E-state index contributed by atoms with van der Waals surface area (Å²) in [6.07, 6.45) is -0.0282. The zero-order chi connectivity index (χ0) is 14.2. The zero-order valence-corrected chi connectivity index (χ0v) is 11.9. The van der Waals surface area contributed by atoms with Crippen molar-refractivity contribution in [2.24, 2.45) is 0 Å². The van der Waals surface area contributed by atoms with Gasteiger partial charge in [0, 0.05) is 19.1 Å². The summed E-state index contributed by atoms with van der Waals surface area (Å²) >= 11 is 0. The Balaban J connectivity index is 4.04. The molecule has 0 spiro atoms. The maximum atomic E-state index is 11.1. The molecule has 0 radical (unpaired) electrons. The largest absolute Gasteiger partial charge is 0.460 e. The van der Waals surface area contributed by atoms with Gasteiger partial charge in [-0.1, -0.05) is 6.58 Å². The van der Waals surface area contributed by atoms with Gasteiger partial charge in [-0.05, 0) is 27.7 Å². The Morgan fingerprint density at radius 2 is 1.89 bits per heavy atom. The van der Waals surface area contributed by atoms with E-state index >= 15 is 0 Å². The number of esters is 1. The van der Waals surface area contributed by atoms with E-state index in [1.165, 1.54) is 0 Å². The lowest BCUT2D eigenvalue weighted by Gasteiger charge is -2.30. The number of rotatable bonds is 9.